The number of rotatable bonds is 18. The highest BCUT2D eigenvalue weighted by atomic mass is 19.1. The van der Waals surface area contributed by atoms with E-state index in [1.54, 1.807) is 97.1 Å². The van der Waals surface area contributed by atoms with Gasteiger partial charge < -0.3 is 31.6 Å². The van der Waals surface area contributed by atoms with Crippen LogP contribution < -0.4 is 31.6 Å². The zero-order chi connectivity index (χ0) is 46.2. The summed E-state index contributed by atoms with van der Waals surface area (Å²) < 4.78 is 68.2. The molecule has 0 amide bonds. The fourth-order valence-electron chi connectivity index (χ4n) is 6.53. The van der Waals surface area contributed by atoms with Gasteiger partial charge in [0.25, 0.3) is 0 Å². The van der Waals surface area contributed by atoms with Gasteiger partial charge in [0, 0.05) is 59.1 Å². The molecule has 16 heteroatoms. The summed E-state index contributed by atoms with van der Waals surface area (Å²) in [6, 6.07) is 31.6. The molecule has 328 valence electrons. The van der Waals surface area contributed by atoms with Crippen LogP contribution in [0, 0.1) is 33.5 Å². The number of hydrogen-bond donors (Lipinski definition) is 6. The van der Waals surface area contributed by atoms with Gasteiger partial charge in [0.15, 0.2) is 0 Å². The lowest BCUT2D eigenvalue weighted by Crippen LogP contribution is -2.12. The summed E-state index contributed by atoms with van der Waals surface area (Å²) in [6.45, 7) is 1.51. The molecule has 0 aliphatic heterocycles. The molecule has 2 aromatic heterocycles. The van der Waals surface area contributed by atoms with Gasteiger partial charge in [-0.05, 0) is 103 Å². The number of nitrogens with one attached hydrogen (secondary N) is 4. The van der Waals surface area contributed by atoms with Gasteiger partial charge in [-0.25, -0.2) is 17.6 Å². The third kappa shape index (κ3) is 12.5. The molecule has 0 bridgehead atoms. The number of amidine groups is 2. The molecule has 0 saturated carbocycles. The minimum Gasteiger partial charge on any atom is -0.486 e. The summed E-state index contributed by atoms with van der Waals surface area (Å²) in [4.78, 5) is 8.27. The van der Waals surface area contributed by atoms with E-state index in [0.29, 0.717) is 44.5 Å². The second-order valence-electron chi connectivity index (χ2n) is 14.3. The van der Waals surface area contributed by atoms with Crippen LogP contribution in [0.5, 0.6) is 11.5 Å². The minimum atomic E-state index is -1.42. The van der Waals surface area contributed by atoms with Gasteiger partial charge >= 0.3 is 0 Å². The number of nitriles is 2. The number of alkyl halides is 4. The van der Waals surface area contributed by atoms with Gasteiger partial charge in [-0.3, -0.25) is 20.8 Å². The SMILES string of the molecule is CC(F)c1c(CNc2ccc(C#N)cc2)cnc(CF)c1OCc1cccc(C#N)c1.CC(F)c1c(CNc2ccc(C(=N)N)cc2)cnc(CF)c1OCc1cccc(C(=N)N)c1. The number of nitrogen functional groups attached to an aromatic ring is 2. The first kappa shape index (κ1) is 47.1. The molecule has 0 aliphatic carbocycles. The molecule has 2 atom stereocenters. The van der Waals surface area contributed by atoms with Crippen LogP contribution in [0.4, 0.5) is 28.9 Å². The third-order valence-electron chi connectivity index (χ3n) is 9.74. The smallest absolute Gasteiger partial charge is 0.150 e. The number of nitrogens with two attached hydrogens (primary N) is 2. The molecule has 0 spiro atoms. The van der Waals surface area contributed by atoms with Crippen molar-refractivity contribution >= 4 is 23.0 Å². The molecule has 0 saturated heterocycles. The Morgan fingerprint density at radius 2 is 1.09 bits per heavy atom. The van der Waals surface area contributed by atoms with Crippen LogP contribution in [0.2, 0.25) is 0 Å². The van der Waals surface area contributed by atoms with E-state index in [2.05, 4.69) is 26.7 Å². The van der Waals surface area contributed by atoms with Crippen molar-refractivity contribution in [3.05, 3.63) is 176 Å². The Morgan fingerprint density at radius 1 is 0.641 bits per heavy atom. The highest BCUT2D eigenvalue weighted by Crippen LogP contribution is 2.36. The lowest BCUT2D eigenvalue weighted by atomic mass is 10.0. The first-order chi connectivity index (χ1) is 30.8. The number of halogens is 4. The van der Waals surface area contributed by atoms with E-state index in [1.165, 1.54) is 26.2 Å². The van der Waals surface area contributed by atoms with Crippen LogP contribution in [-0.4, -0.2) is 21.6 Å². The summed E-state index contributed by atoms with van der Waals surface area (Å²) in [5.74, 6) is 0.0492. The molecule has 4 aromatic carbocycles. The summed E-state index contributed by atoms with van der Waals surface area (Å²) in [6.07, 6.45) is 0.0564. The topological polar surface area (TPSA) is 216 Å². The quantitative estimate of drug-likeness (QED) is 0.0273. The molecule has 8 N–H and O–H groups in total. The predicted octanol–water partition coefficient (Wildman–Crippen LogP) is 9.86. The van der Waals surface area contributed by atoms with Gasteiger partial charge in [0.05, 0.1) is 23.3 Å². The summed E-state index contributed by atoms with van der Waals surface area (Å²) >= 11 is 0. The Kier molecular flexibility index (Phi) is 16.7. The number of ether oxygens (including phenoxy) is 2. The summed E-state index contributed by atoms with van der Waals surface area (Å²) in [5, 5.41) is 39.3. The van der Waals surface area contributed by atoms with Gasteiger partial charge in [-0.1, -0.05) is 30.3 Å². The second kappa shape index (κ2) is 22.7. The van der Waals surface area contributed by atoms with E-state index in [-0.39, 0.29) is 72.0 Å². The van der Waals surface area contributed by atoms with Crippen molar-refractivity contribution in [2.75, 3.05) is 10.6 Å². The van der Waals surface area contributed by atoms with E-state index >= 15 is 0 Å². The number of hydrogen-bond acceptors (Lipinski definition) is 10. The molecule has 64 heavy (non-hydrogen) atoms. The second-order valence-corrected chi connectivity index (χ2v) is 14.3. The molecule has 2 unspecified atom stereocenters. The van der Waals surface area contributed by atoms with E-state index in [9.17, 15) is 17.6 Å². The van der Waals surface area contributed by atoms with Crippen molar-refractivity contribution in [3.8, 4) is 23.6 Å². The molecular weight excluding hydrogens is 825 g/mol. The van der Waals surface area contributed by atoms with Crippen LogP contribution in [-0.2, 0) is 39.7 Å². The third-order valence-corrected chi connectivity index (χ3v) is 9.74. The Balaban J connectivity index is 0.000000241. The number of anilines is 2. The van der Waals surface area contributed by atoms with Crippen LogP contribution in [0.1, 0.15) is 93.2 Å². The molecule has 0 radical (unpaired) electrons. The maximum absolute atomic E-state index is 14.7. The summed E-state index contributed by atoms with van der Waals surface area (Å²) in [7, 11) is 0. The standard InChI is InChI=1S/C24H26F2N6O.C24H20F2N4O/c1-14(26)21-18(11-31-19-7-5-16(6-8-19)23(27)28)12-32-20(10-25)22(21)33-13-15-3-2-4-17(9-15)24(29)30;1-16(26)23-20(13-29-21-7-5-17(11-27)6-8-21)14-30-22(10-25)24(23)31-15-19-4-2-3-18(9-19)12-28/h2-9,12,14,31H,10-11,13H2,1H3,(H3,27,28)(H3,29,30);2-9,14,16,29H,10,13,15H2,1H3. The van der Waals surface area contributed by atoms with Crippen molar-refractivity contribution in [2.45, 2.75) is 65.8 Å². The average molecular weight is 871 g/mol. The zero-order valence-electron chi connectivity index (χ0n) is 35.1. The normalized spacial score (nSPS) is 11.4. The lowest BCUT2D eigenvalue weighted by Gasteiger charge is -2.19. The monoisotopic (exact) mass is 870 g/mol. The highest BCUT2D eigenvalue weighted by Gasteiger charge is 2.23. The molecule has 12 nitrogen and oxygen atoms in total. The van der Waals surface area contributed by atoms with Crippen LogP contribution in [0.3, 0.4) is 0 Å². The number of nitrogens with zero attached hydrogens (tertiary/aromatic N) is 4. The largest absolute Gasteiger partial charge is 0.486 e. The average Bonchev–Trinajstić information content (AvgIpc) is 3.31. The zero-order valence-corrected chi connectivity index (χ0v) is 35.1. The Morgan fingerprint density at radius 3 is 1.53 bits per heavy atom. The van der Waals surface area contributed by atoms with Gasteiger partial charge in [-0.15, -0.1) is 0 Å². The van der Waals surface area contributed by atoms with E-state index in [1.807, 2.05) is 6.07 Å². The Hall–Kier alpha value is -7.98. The Bertz CT molecular complexity index is 2650. The fourth-order valence-corrected chi connectivity index (χ4v) is 6.53. The molecule has 0 aliphatic rings. The number of benzene rings is 4. The van der Waals surface area contributed by atoms with Crippen molar-refractivity contribution in [1.29, 1.82) is 21.3 Å². The molecular formula is C48H46F4N10O2. The lowest BCUT2D eigenvalue weighted by molar-refractivity contribution is 0.276. The van der Waals surface area contributed by atoms with Crippen LogP contribution in [0.15, 0.2) is 109 Å². The van der Waals surface area contributed by atoms with Crippen LogP contribution in [0.25, 0.3) is 0 Å². The Labute approximate surface area is 368 Å². The molecule has 6 aromatic rings. The van der Waals surface area contributed by atoms with E-state index < -0.39 is 25.7 Å². The fraction of sp³-hybridized carbons (Fsp3) is 0.208. The molecule has 0 fully saturated rings. The predicted molar refractivity (Wildman–Crippen MR) is 238 cm³/mol. The van der Waals surface area contributed by atoms with Crippen molar-refractivity contribution in [3.63, 3.8) is 0 Å². The van der Waals surface area contributed by atoms with Crippen LogP contribution >= 0.6 is 0 Å². The first-order valence-corrected chi connectivity index (χ1v) is 19.9. The number of aromatic nitrogens is 2. The van der Waals surface area contributed by atoms with Crippen molar-refractivity contribution in [1.82, 2.24) is 9.97 Å². The number of pyridine rings is 2. The molecule has 2 heterocycles. The van der Waals surface area contributed by atoms with Crippen molar-refractivity contribution in [2.24, 2.45) is 11.5 Å². The molecule has 6 rings (SSSR count). The first-order valence-electron chi connectivity index (χ1n) is 19.9. The maximum Gasteiger partial charge on any atom is 0.150 e. The minimum absolute atomic E-state index is 0.0202. The maximum atomic E-state index is 14.7. The van der Waals surface area contributed by atoms with Gasteiger partial charge in [-0.2, -0.15) is 10.5 Å². The van der Waals surface area contributed by atoms with Gasteiger partial charge in [0.1, 0.15) is 73.5 Å². The van der Waals surface area contributed by atoms with Crippen molar-refractivity contribution < 1.29 is 27.0 Å². The van der Waals surface area contributed by atoms with E-state index in [0.717, 1.165) is 11.4 Å². The summed E-state index contributed by atoms with van der Waals surface area (Å²) in [5.41, 5.74) is 17.6. The van der Waals surface area contributed by atoms with Gasteiger partial charge in [0.2, 0.25) is 0 Å². The van der Waals surface area contributed by atoms with E-state index in [4.69, 9.17) is 42.3 Å². The highest BCUT2D eigenvalue weighted by molar-refractivity contribution is 5.95.